The quantitative estimate of drug-likeness (QED) is 0.679. The van der Waals surface area contributed by atoms with Crippen molar-refractivity contribution in [1.29, 1.82) is 0 Å². The molecule has 3 nitrogen and oxygen atoms in total. The fraction of sp³-hybridized carbons (Fsp3) is 0.0588. The van der Waals surface area contributed by atoms with Gasteiger partial charge < -0.3 is 0 Å². The Labute approximate surface area is 117 Å². The molecule has 0 aliphatic rings. The smallest absolute Gasteiger partial charge is 0.196 e. The summed E-state index contributed by atoms with van der Waals surface area (Å²) in [6.45, 7) is 0. The van der Waals surface area contributed by atoms with Crippen LogP contribution in [0.25, 0.3) is 11.3 Å². The second-order valence-electron chi connectivity index (χ2n) is 4.59. The van der Waals surface area contributed by atoms with Crippen molar-refractivity contribution in [2.45, 2.75) is 0 Å². The zero-order valence-electron chi connectivity index (χ0n) is 11.2. The van der Waals surface area contributed by atoms with Gasteiger partial charge in [0.1, 0.15) is 0 Å². The molecule has 0 spiro atoms. The lowest BCUT2D eigenvalue weighted by Crippen LogP contribution is -2.03. The Hall–Kier alpha value is -2.68. The van der Waals surface area contributed by atoms with Gasteiger partial charge in [-0.1, -0.05) is 60.7 Å². The Kier molecular flexibility index (Phi) is 3.17. The standard InChI is InChI=1S/C17H14N2O/c1-19-16(13-8-4-2-5-9-13)15(12-18-19)17(20)14-10-6-3-7-11-14/h2-12H,1H3. The van der Waals surface area contributed by atoms with Gasteiger partial charge in [0.2, 0.25) is 0 Å². The van der Waals surface area contributed by atoms with Crippen molar-refractivity contribution in [2.24, 2.45) is 7.05 Å². The summed E-state index contributed by atoms with van der Waals surface area (Å²) in [5.41, 5.74) is 3.15. The van der Waals surface area contributed by atoms with Gasteiger partial charge in [-0.3, -0.25) is 9.48 Å². The van der Waals surface area contributed by atoms with Crippen LogP contribution in [0.5, 0.6) is 0 Å². The maximum Gasteiger partial charge on any atom is 0.196 e. The van der Waals surface area contributed by atoms with Crippen LogP contribution in [-0.2, 0) is 7.05 Å². The zero-order chi connectivity index (χ0) is 13.9. The highest BCUT2D eigenvalue weighted by atomic mass is 16.1. The van der Waals surface area contributed by atoms with Crippen LogP contribution >= 0.6 is 0 Å². The van der Waals surface area contributed by atoms with E-state index in [9.17, 15) is 4.79 Å². The van der Waals surface area contributed by atoms with Gasteiger partial charge in [-0.15, -0.1) is 0 Å². The molecule has 0 N–H and O–H groups in total. The Bertz CT molecular complexity index is 730. The first-order valence-electron chi connectivity index (χ1n) is 6.44. The average molecular weight is 262 g/mol. The molecule has 0 saturated heterocycles. The van der Waals surface area contributed by atoms with Crippen molar-refractivity contribution >= 4 is 5.78 Å². The summed E-state index contributed by atoms with van der Waals surface area (Å²) in [7, 11) is 1.85. The number of rotatable bonds is 3. The Morgan fingerprint density at radius 2 is 1.55 bits per heavy atom. The van der Waals surface area contributed by atoms with Crippen molar-refractivity contribution in [3.8, 4) is 11.3 Å². The van der Waals surface area contributed by atoms with Crippen LogP contribution in [0.1, 0.15) is 15.9 Å². The van der Waals surface area contributed by atoms with Crippen LogP contribution in [0.3, 0.4) is 0 Å². The Balaban J connectivity index is 2.11. The lowest BCUT2D eigenvalue weighted by atomic mass is 10.0. The molecule has 3 aromatic rings. The molecule has 1 aromatic heterocycles. The van der Waals surface area contributed by atoms with E-state index < -0.39 is 0 Å². The highest BCUT2D eigenvalue weighted by Crippen LogP contribution is 2.24. The first kappa shape index (κ1) is 12.4. The van der Waals surface area contributed by atoms with Gasteiger partial charge in [0.15, 0.2) is 5.78 Å². The number of carbonyl (C=O) groups is 1. The monoisotopic (exact) mass is 262 g/mol. The molecule has 0 atom stereocenters. The van der Waals surface area contributed by atoms with Gasteiger partial charge in [-0.25, -0.2) is 0 Å². The number of benzene rings is 2. The third-order valence-corrected chi connectivity index (χ3v) is 3.27. The normalized spacial score (nSPS) is 10.4. The molecule has 0 bridgehead atoms. The number of hydrogen-bond donors (Lipinski definition) is 0. The summed E-state index contributed by atoms with van der Waals surface area (Å²) < 4.78 is 1.74. The summed E-state index contributed by atoms with van der Waals surface area (Å²) in [6.07, 6.45) is 1.64. The third-order valence-electron chi connectivity index (χ3n) is 3.27. The summed E-state index contributed by atoms with van der Waals surface area (Å²) >= 11 is 0. The van der Waals surface area contributed by atoms with Crippen molar-refractivity contribution in [2.75, 3.05) is 0 Å². The molecule has 98 valence electrons. The van der Waals surface area contributed by atoms with E-state index in [1.807, 2.05) is 67.7 Å². The van der Waals surface area contributed by atoms with Crippen LogP contribution in [0.4, 0.5) is 0 Å². The van der Waals surface area contributed by atoms with E-state index in [2.05, 4.69) is 5.10 Å². The second-order valence-corrected chi connectivity index (χ2v) is 4.59. The lowest BCUT2D eigenvalue weighted by molar-refractivity contribution is 0.103. The molecule has 0 amide bonds. The fourth-order valence-electron chi connectivity index (χ4n) is 2.29. The minimum Gasteiger partial charge on any atom is -0.288 e. The van der Waals surface area contributed by atoms with Gasteiger partial charge in [0, 0.05) is 18.2 Å². The number of nitrogens with zero attached hydrogens (tertiary/aromatic N) is 2. The Morgan fingerprint density at radius 1 is 0.950 bits per heavy atom. The van der Waals surface area contributed by atoms with Crippen LogP contribution in [0, 0.1) is 0 Å². The molecule has 3 rings (SSSR count). The van der Waals surface area contributed by atoms with Gasteiger partial charge in [0.05, 0.1) is 17.5 Å². The SMILES string of the molecule is Cn1ncc(C(=O)c2ccccc2)c1-c1ccccc1. The fourth-order valence-corrected chi connectivity index (χ4v) is 2.29. The summed E-state index contributed by atoms with van der Waals surface area (Å²) in [5.74, 6) is -0.00227. The van der Waals surface area contributed by atoms with Crippen molar-refractivity contribution in [3.05, 3.63) is 78.0 Å². The summed E-state index contributed by atoms with van der Waals surface area (Å²) in [6, 6.07) is 19.1. The predicted molar refractivity (Wildman–Crippen MR) is 78.5 cm³/mol. The Morgan fingerprint density at radius 3 is 2.20 bits per heavy atom. The van der Waals surface area contributed by atoms with E-state index in [4.69, 9.17) is 0 Å². The van der Waals surface area contributed by atoms with Gasteiger partial charge in [-0.05, 0) is 0 Å². The van der Waals surface area contributed by atoms with Crippen molar-refractivity contribution in [3.63, 3.8) is 0 Å². The largest absolute Gasteiger partial charge is 0.288 e. The van der Waals surface area contributed by atoms with Crippen LogP contribution < -0.4 is 0 Å². The molecule has 3 heteroatoms. The topological polar surface area (TPSA) is 34.9 Å². The molecule has 0 aliphatic carbocycles. The van der Waals surface area contributed by atoms with E-state index in [1.165, 1.54) is 0 Å². The lowest BCUT2D eigenvalue weighted by Gasteiger charge is -2.06. The minimum absolute atomic E-state index is 0.00227. The van der Waals surface area contributed by atoms with E-state index in [0.29, 0.717) is 11.1 Å². The van der Waals surface area contributed by atoms with E-state index in [0.717, 1.165) is 11.3 Å². The molecule has 2 aromatic carbocycles. The number of hydrogen-bond acceptors (Lipinski definition) is 2. The maximum atomic E-state index is 12.6. The van der Waals surface area contributed by atoms with E-state index >= 15 is 0 Å². The van der Waals surface area contributed by atoms with E-state index in [1.54, 1.807) is 10.9 Å². The van der Waals surface area contributed by atoms with E-state index in [-0.39, 0.29) is 5.78 Å². The molecule has 20 heavy (non-hydrogen) atoms. The van der Waals surface area contributed by atoms with Gasteiger partial charge >= 0.3 is 0 Å². The number of ketones is 1. The molecular weight excluding hydrogens is 248 g/mol. The molecule has 0 unspecified atom stereocenters. The van der Waals surface area contributed by atoms with Crippen LogP contribution in [-0.4, -0.2) is 15.6 Å². The number of aromatic nitrogens is 2. The molecule has 0 aliphatic heterocycles. The van der Waals surface area contributed by atoms with Crippen LogP contribution in [0.2, 0.25) is 0 Å². The van der Waals surface area contributed by atoms with Gasteiger partial charge in [-0.2, -0.15) is 5.10 Å². The van der Waals surface area contributed by atoms with Crippen molar-refractivity contribution < 1.29 is 4.79 Å². The summed E-state index contributed by atoms with van der Waals surface area (Å²) in [5, 5.41) is 4.24. The molecule has 0 saturated carbocycles. The highest BCUT2D eigenvalue weighted by molar-refractivity contribution is 6.12. The van der Waals surface area contributed by atoms with Crippen LogP contribution in [0.15, 0.2) is 66.9 Å². The molecule has 0 fully saturated rings. The minimum atomic E-state index is -0.00227. The summed E-state index contributed by atoms with van der Waals surface area (Å²) in [4.78, 5) is 12.6. The molecule has 0 radical (unpaired) electrons. The second kappa shape index (κ2) is 5.13. The predicted octanol–water partition coefficient (Wildman–Crippen LogP) is 3.32. The first-order valence-corrected chi connectivity index (χ1v) is 6.44. The number of carbonyl (C=O) groups excluding carboxylic acids is 1. The first-order chi connectivity index (χ1) is 9.77. The third kappa shape index (κ3) is 2.14. The maximum absolute atomic E-state index is 12.6. The zero-order valence-corrected chi connectivity index (χ0v) is 11.2. The molecular formula is C17H14N2O. The highest BCUT2D eigenvalue weighted by Gasteiger charge is 2.18. The average Bonchev–Trinajstić information content (AvgIpc) is 2.90. The molecule has 1 heterocycles. The van der Waals surface area contributed by atoms with Crippen molar-refractivity contribution in [1.82, 2.24) is 9.78 Å². The number of aryl methyl sites for hydroxylation is 1. The van der Waals surface area contributed by atoms with Gasteiger partial charge in [0.25, 0.3) is 0 Å².